The maximum atomic E-state index is 13.4. The van der Waals surface area contributed by atoms with Gasteiger partial charge in [-0.15, -0.1) is 0 Å². The number of hydrogen-bond acceptors (Lipinski definition) is 5. The molecule has 0 saturated carbocycles. The fourth-order valence-electron chi connectivity index (χ4n) is 4.23. The third kappa shape index (κ3) is 5.06. The van der Waals surface area contributed by atoms with Gasteiger partial charge in [-0.05, 0) is 47.4 Å². The van der Waals surface area contributed by atoms with Crippen molar-refractivity contribution < 1.29 is 8.42 Å². The summed E-state index contributed by atoms with van der Waals surface area (Å²) in [7, 11) is -0.596. The van der Waals surface area contributed by atoms with E-state index in [2.05, 4.69) is 16.0 Å². The van der Waals surface area contributed by atoms with Crippen molar-refractivity contribution in [1.29, 1.82) is 5.26 Å². The molecule has 4 rings (SSSR count). The number of aromatic nitrogens is 1. The van der Waals surface area contributed by atoms with Gasteiger partial charge in [0.2, 0.25) is 0 Å². The lowest BCUT2D eigenvalue weighted by Gasteiger charge is -2.33. The van der Waals surface area contributed by atoms with Crippen molar-refractivity contribution in [2.24, 2.45) is 0 Å². The summed E-state index contributed by atoms with van der Waals surface area (Å²) in [6.07, 6.45) is 4.15. The highest BCUT2D eigenvalue weighted by atomic mass is 32.2. The van der Waals surface area contributed by atoms with E-state index in [1.54, 1.807) is 36.7 Å². The quantitative estimate of drug-likeness (QED) is 0.563. The molecule has 3 aromatic rings. The van der Waals surface area contributed by atoms with Crippen LogP contribution < -0.4 is 4.90 Å². The Morgan fingerprint density at radius 3 is 2.52 bits per heavy atom. The number of hydrogen-bond donors (Lipinski definition) is 0. The van der Waals surface area contributed by atoms with Crippen LogP contribution in [0.25, 0.3) is 0 Å². The van der Waals surface area contributed by atoms with Gasteiger partial charge >= 0.3 is 0 Å². The van der Waals surface area contributed by atoms with Gasteiger partial charge in [-0.1, -0.05) is 36.4 Å². The van der Waals surface area contributed by atoms with Gasteiger partial charge in [0.05, 0.1) is 11.6 Å². The molecule has 33 heavy (non-hydrogen) atoms. The highest BCUT2D eigenvalue weighted by molar-refractivity contribution is 7.86. The van der Waals surface area contributed by atoms with Gasteiger partial charge in [0.1, 0.15) is 0 Å². The summed E-state index contributed by atoms with van der Waals surface area (Å²) in [5.41, 5.74) is 4.38. The van der Waals surface area contributed by atoms with E-state index >= 15 is 0 Å². The molecule has 170 valence electrons. The Hall–Kier alpha value is -3.25. The first-order chi connectivity index (χ1) is 15.9. The molecule has 0 aliphatic carbocycles. The lowest BCUT2D eigenvalue weighted by Crippen LogP contribution is -2.49. The number of pyridine rings is 1. The Labute approximate surface area is 195 Å². The van der Waals surface area contributed by atoms with E-state index < -0.39 is 10.2 Å². The van der Waals surface area contributed by atoms with E-state index in [0.29, 0.717) is 25.1 Å². The van der Waals surface area contributed by atoms with E-state index in [0.717, 1.165) is 22.4 Å². The van der Waals surface area contributed by atoms with Crippen molar-refractivity contribution in [3.63, 3.8) is 0 Å². The minimum absolute atomic E-state index is 0.201. The van der Waals surface area contributed by atoms with Crippen LogP contribution in [0.2, 0.25) is 0 Å². The monoisotopic (exact) mass is 461 g/mol. The lowest BCUT2D eigenvalue weighted by molar-refractivity contribution is 0.297. The third-order valence-corrected chi connectivity index (χ3v) is 7.82. The summed E-state index contributed by atoms with van der Waals surface area (Å²) in [5.74, 6) is 0. The Bertz CT molecular complexity index is 1240. The second-order valence-electron chi connectivity index (χ2n) is 8.38. The second-order valence-corrected chi connectivity index (χ2v) is 10.5. The van der Waals surface area contributed by atoms with Gasteiger partial charge in [-0.3, -0.25) is 4.98 Å². The smallest absolute Gasteiger partial charge is 0.282 e. The van der Waals surface area contributed by atoms with Gasteiger partial charge in [0.25, 0.3) is 10.2 Å². The Morgan fingerprint density at radius 1 is 1.09 bits per heavy atom. The first-order valence-electron chi connectivity index (χ1n) is 10.8. The molecule has 8 heteroatoms. The van der Waals surface area contributed by atoms with E-state index in [-0.39, 0.29) is 12.6 Å². The van der Waals surface area contributed by atoms with Crippen LogP contribution in [-0.2, 0) is 29.7 Å². The zero-order valence-corrected chi connectivity index (χ0v) is 19.6. The zero-order valence-electron chi connectivity index (χ0n) is 18.8. The normalized spacial score (nSPS) is 16.8. The topological polar surface area (TPSA) is 80.5 Å². The van der Waals surface area contributed by atoms with Crippen molar-refractivity contribution in [1.82, 2.24) is 13.6 Å². The molecule has 2 heterocycles. The number of anilines is 1. The van der Waals surface area contributed by atoms with Crippen LogP contribution >= 0.6 is 0 Å². The van der Waals surface area contributed by atoms with E-state index in [1.807, 2.05) is 54.7 Å². The summed E-state index contributed by atoms with van der Waals surface area (Å²) < 4.78 is 29.7. The standard InChI is InChI=1S/C25H27N5O2S/c1-28(2)33(31,32)30-18-23-13-21(15-26)10-11-25(23)29(17-22-9-6-12-27-16-22)19-24(30)14-20-7-4-3-5-8-20/h3-13,16,24H,14,17-19H2,1-2H3/t24-/m1/s1. The van der Waals surface area contributed by atoms with Crippen LogP contribution in [0.5, 0.6) is 0 Å². The van der Waals surface area contributed by atoms with E-state index in [4.69, 9.17) is 0 Å². The van der Waals surface area contributed by atoms with Gasteiger partial charge in [0, 0.05) is 57.9 Å². The highest BCUT2D eigenvalue weighted by Gasteiger charge is 2.36. The van der Waals surface area contributed by atoms with Crippen LogP contribution in [0.15, 0.2) is 73.1 Å². The van der Waals surface area contributed by atoms with Gasteiger partial charge in [0.15, 0.2) is 0 Å². The predicted molar refractivity (Wildman–Crippen MR) is 129 cm³/mol. The molecule has 2 aromatic carbocycles. The molecule has 0 bridgehead atoms. The molecule has 0 amide bonds. The maximum absolute atomic E-state index is 13.4. The van der Waals surface area contributed by atoms with Crippen molar-refractivity contribution in [3.8, 4) is 6.07 Å². The van der Waals surface area contributed by atoms with Crippen molar-refractivity contribution >= 4 is 15.9 Å². The molecule has 0 spiro atoms. The maximum Gasteiger partial charge on any atom is 0.282 e. The van der Waals surface area contributed by atoms with Crippen molar-refractivity contribution in [2.45, 2.75) is 25.6 Å². The molecule has 1 aliphatic rings. The first-order valence-corrected chi connectivity index (χ1v) is 12.2. The van der Waals surface area contributed by atoms with Crippen molar-refractivity contribution in [2.75, 3.05) is 25.5 Å². The lowest BCUT2D eigenvalue weighted by atomic mass is 10.1. The molecular weight excluding hydrogens is 434 g/mol. The third-order valence-electron chi connectivity index (χ3n) is 5.88. The molecule has 0 N–H and O–H groups in total. The predicted octanol–water partition coefficient (Wildman–Crippen LogP) is 3.19. The summed E-state index contributed by atoms with van der Waals surface area (Å²) in [6, 6.07) is 21.3. The van der Waals surface area contributed by atoms with E-state index in [9.17, 15) is 13.7 Å². The van der Waals surface area contributed by atoms with Crippen LogP contribution in [-0.4, -0.2) is 48.7 Å². The molecule has 0 radical (unpaired) electrons. The number of rotatable bonds is 6. The SMILES string of the molecule is CN(C)S(=O)(=O)N1Cc2cc(C#N)ccc2N(Cc2cccnc2)C[C@H]1Cc1ccccc1. The molecule has 0 saturated heterocycles. The number of nitrogens with zero attached hydrogens (tertiary/aromatic N) is 5. The average molecular weight is 462 g/mol. The summed E-state index contributed by atoms with van der Waals surface area (Å²) in [4.78, 5) is 6.44. The van der Waals surface area contributed by atoms with E-state index in [1.165, 1.54) is 4.31 Å². The van der Waals surface area contributed by atoms with Crippen LogP contribution in [0, 0.1) is 11.3 Å². The number of benzene rings is 2. The van der Waals surface area contributed by atoms with Crippen LogP contribution in [0.1, 0.15) is 22.3 Å². The minimum atomic E-state index is -3.71. The molecular formula is C25H27N5O2S. The fourth-order valence-corrected chi connectivity index (χ4v) is 5.46. The zero-order chi connectivity index (χ0) is 23.4. The van der Waals surface area contributed by atoms with Gasteiger partial charge in [-0.25, -0.2) is 0 Å². The van der Waals surface area contributed by atoms with Crippen LogP contribution in [0.3, 0.4) is 0 Å². The molecule has 1 atom stereocenters. The molecule has 0 unspecified atom stereocenters. The second kappa shape index (κ2) is 9.71. The fraction of sp³-hybridized carbons (Fsp3) is 0.280. The minimum Gasteiger partial charge on any atom is -0.365 e. The largest absolute Gasteiger partial charge is 0.365 e. The summed E-state index contributed by atoms with van der Waals surface area (Å²) in [5, 5.41) is 9.46. The molecule has 0 fully saturated rings. The average Bonchev–Trinajstić information content (AvgIpc) is 2.97. The van der Waals surface area contributed by atoms with Gasteiger partial charge < -0.3 is 4.90 Å². The Kier molecular flexibility index (Phi) is 6.75. The molecule has 1 aliphatic heterocycles. The molecule has 1 aromatic heterocycles. The highest BCUT2D eigenvalue weighted by Crippen LogP contribution is 2.32. The Balaban J connectivity index is 1.81. The Morgan fingerprint density at radius 2 is 1.85 bits per heavy atom. The molecule has 7 nitrogen and oxygen atoms in total. The first kappa shape index (κ1) is 22.9. The number of fused-ring (bicyclic) bond motifs is 1. The summed E-state index contributed by atoms with van der Waals surface area (Å²) in [6.45, 7) is 1.30. The summed E-state index contributed by atoms with van der Waals surface area (Å²) >= 11 is 0. The van der Waals surface area contributed by atoms with Crippen molar-refractivity contribution in [3.05, 3.63) is 95.3 Å². The van der Waals surface area contributed by atoms with Crippen LogP contribution in [0.4, 0.5) is 5.69 Å². The van der Waals surface area contributed by atoms with Gasteiger partial charge in [-0.2, -0.15) is 22.3 Å². The number of nitriles is 1.